The summed E-state index contributed by atoms with van der Waals surface area (Å²) in [4.78, 5) is 32.5. The number of aliphatic imine (C=N–C) groups is 2. The van der Waals surface area contributed by atoms with E-state index in [9.17, 15) is 9.59 Å². The van der Waals surface area contributed by atoms with E-state index in [1.807, 2.05) is 31.2 Å². The topological polar surface area (TPSA) is 130 Å². The highest BCUT2D eigenvalue weighted by Crippen LogP contribution is 2.17. The van der Waals surface area contributed by atoms with E-state index in [4.69, 9.17) is 10.5 Å². The number of guanidine groups is 2. The van der Waals surface area contributed by atoms with E-state index >= 15 is 0 Å². The zero-order valence-corrected chi connectivity index (χ0v) is 16.1. The Morgan fingerprint density at radius 3 is 2.69 bits per heavy atom. The van der Waals surface area contributed by atoms with Crippen LogP contribution < -0.4 is 26.4 Å². The van der Waals surface area contributed by atoms with Gasteiger partial charge in [0, 0.05) is 17.4 Å². The maximum Gasteiger partial charge on any atom is 0.252 e. The van der Waals surface area contributed by atoms with E-state index in [0.717, 1.165) is 11.3 Å². The summed E-state index contributed by atoms with van der Waals surface area (Å²) in [6.07, 6.45) is -0.118. The highest BCUT2D eigenvalue weighted by Gasteiger charge is 2.28. The molecule has 29 heavy (non-hydrogen) atoms. The molecule has 3 rings (SSSR count). The molecule has 9 heteroatoms. The minimum atomic E-state index is -0.869. The average molecular weight is 394 g/mol. The van der Waals surface area contributed by atoms with Crippen LogP contribution in [0.25, 0.3) is 0 Å². The number of nitrogens with one attached hydrogen (secondary N) is 3. The molecule has 2 aromatic rings. The molecule has 1 aliphatic heterocycles. The lowest BCUT2D eigenvalue weighted by atomic mass is 10.2. The number of anilines is 2. The van der Waals surface area contributed by atoms with Crippen molar-refractivity contribution in [3.63, 3.8) is 0 Å². The van der Waals surface area contributed by atoms with Crippen molar-refractivity contribution in [1.82, 2.24) is 5.32 Å². The third kappa shape index (κ3) is 5.55. The largest absolute Gasteiger partial charge is 0.497 e. The standard InChI is InChI=1S/C20H22N6O3/c1-12-6-8-13(9-7-12)23-19(21)26-20-24-16(18(28)25-20)11-17(27)22-14-4-3-5-15(10-14)29-2/h3-10,16H,11H2,1-2H3,(H,22,27)(H4,21,23,24,25,26,28). The first-order valence-electron chi connectivity index (χ1n) is 8.93. The second-order valence-corrected chi connectivity index (χ2v) is 6.43. The highest BCUT2D eigenvalue weighted by molar-refractivity contribution is 6.11. The Labute approximate surface area is 168 Å². The maximum absolute atomic E-state index is 12.2. The van der Waals surface area contributed by atoms with Crippen molar-refractivity contribution in [3.05, 3.63) is 54.1 Å². The molecule has 0 saturated heterocycles. The van der Waals surface area contributed by atoms with E-state index < -0.39 is 11.9 Å². The van der Waals surface area contributed by atoms with Crippen molar-refractivity contribution in [2.75, 3.05) is 17.7 Å². The zero-order chi connectivity index (χ0) is 20.8. The van der Waals surface area contributed by atoms with E-state index in [1.165, 1.54) is 0 Å². The predicted molar refractivity (Wildman–Crippen MR) is 112 cm³/mol. The third-order valence-electron chi connectivity index (χ3n) is 4.10. The van der Waals surface area contributed by atoms with Crippen LogP contribution in [0.2, 0.25) is 0 Å². The quantitative estimate of drug-likeness (QED) is 0.452. The van der Waals surface area contributed by atoms with Crippen LogP contribution >= 0.6 is 0 Å². The monoisotopic (exact) mass is 394 g/mol. The zero-order valence-electron chi connectivity index (χ0n) is 16.1. The first-order valence-corrected chi connectivity index (χ1v) is 8.93. The van der Waals surface area contributed by atoms with Gasteiger partial charge in [0.2, 0.25) is 17.8 Å². The van der Waals surface area contributed by atoms with Crippen LogP contribution in [0.1, 0.15) is 12.0 Å². The van der Waals surface area contributed by atoms with Gasteiger partial charge < -0.3 is 21.1 Å². The molecule has 1 heterocycles. The van der Waals surface area contributed by atoms with Crippen LogP contribution in [-0.4, -0.2) is 36.9 Å². The second kappa shape index (κ2) is 8.87. The third-order valence-corrected chi connectivity index (χ3v) is 4.10. The summed E-state index contributed by atoms with van der Waals surface area (Å²) in [5, 5.41) is 8.15. The van der Waals surface area contributed by atoms with Crippen molar-refractivity contribution in [2.24, 2.45) is 15.7 Å². The Bertz CT molecular complexity index is 968. The molecule has 0 aromatic heterocycles. The van der Waals surface area contributed by atoms with Gasteiger partial charge in [-0.1, -0.05) is 23.8 Å². The van der Waals surface area contributed by atoms with Gasteiger partial charge in [-0.3, -0.25) is 14.9 Å². The van der Waals surface area contributed by atoms with Crippen molar-refractivity contribution in [2.45, 2.75) is 19.4 Å². The number of carbonyl (C=O) groups excluding carboxylic acids is 2. The van der Waals surface area contributed by atoms with Gasteiger partial charge >= 0.3 is 0 Å². The first-order chi connectivity index (χ1) is 13.9. The van der Waals surface area contributed by atoms with Crippen LogP contribution in [0.4, 0.5) is 11.4 Å². The van der Waals surface area contributed by atoms with Crippen LogP contribution in [-0.2, 0) is 9.59 Å². The highest BCUT2D eigenvalue weighted by atomic mass is 16.5. The van der Waals surface area contributed by atoms with Gasteiger partial charge in [-0.25, -0.2) is 4.99 Å². The Morgan fingerprint density at radius 1 is 1.21 bits per heavy atom. The molecule has 0 spiro atoms. The van der Waals surface area contributed by atoms with Gasteiger partial charge in [-0.2, -0.15) is 4.99 Å². The molecule has 1 atom stereocenters. The number of nitrogens with two attached hydrogens (primary N) is 1. The molecule has 1 aliphatic rings. The minimum Gasteiger partial charge on any atom is -0.497 e. The summed E-state index contributed by atoms with van der Waals surface area (Å²) < 4.78 is 5.12. The minimum absolute atomic E-state index is 0.0614. The Hall–Kier alpha value is -3.88. The van der Waals surface area contributed by atoms with Crippen LogP contribution in [0.15, 0.2) is 58.5 Å². The number of carbonyl (C=O) groups is 2. The van der Waals surface area contributed by atoms with E-state index in [2.05, 4.69) is 25.9 Å². The molecule has 150 valence electrons. The summed E-state index contributed by atoms with van der Waals surface area (Å²) in [7, 11) is 1.54. The molecular formula is C20H22N6O3. The number of nitrogens with zero attached hydrogens (tertiary/aromatic N) is 2. The van der Waals surface area contributed by atoms with E-state index in [0.29, 0.717) is 11.4 Å². The molecule has 0 fully saturated rings. The Morgan fingerprint density at radius 2 is 1.97 bits per heavy atom. The van der Waals surface area contributed by atoms with E-state index in [-0.39, 0.29) is 24.2 Å². The number of rotatable bonds is 5. The fraction of sp³-hybridized carbons (Fsp3) is 0.200. The lowest BCUT2D eigenvalue weighted by Gasteiger charge is -2.08. The summed E-state index contributed by atoms with van der Waals surface area (Å²) in [6.45, 7) is 1.98. The summed E-state index contributed by atoms with van der Waals surface area (Å²) >= 11 is 0. The smallest absolute Gasteiger partial charge is 0.252 e. The molecule has 0 saturated carbocycles. The summed E-state index contributed by atoms with van der Waals surface area (Å²) in [5.74, 6) is -0.000837. The molecule has 0 radical (unpaired) electrons. The van der Waals surface area contributed by atoms with Crippen molar-refractivity contribution in [3.8, 4) is 5.75 Å². The van der Waals surface area contributed by atoms with Crippen LogP contribution in [0.5, 0.6) is 5.75 Å². The molecule has 2 aromatic carbocycles. The number of aryl methyl sites for hydroxylation is 1. The van der Waals surface area contributed by atoms with E-state index in [1.54, 1.807) is 31.4 Å². The van der Waals surface area contributed by atoms with Gasteiger partial charge in [-0.05, 0) is 31.2 Å². The maximum atomic E-state index is 12.2. The number of hydrogen-bond donors (Lipinski definition) is 4. The summed E-state index contributed by atoms with van der Waals surface area (Å²) in [6, 6.07) is 13.6. The molecule has 0 aliphatic carbocycles. The number of hydrogen-bond acceptors (Lipinski definition) is 5. The van der Waals surface area contributed by atoms with Crippen molar-refractivity contribution < 1.29 is 14.3 Å². The number of methoxy groups -OCH3 is 1. The van der Waals surface area contributed by atoms with Crippen LogP contribution in [0, 0.1) is 6.92 Å². The summed E-state index contributed by atoms with van der Waals surface area (Å²) in [5.41, 5.74) is 8.31. The Balaban J connectivity index is 1.59. The lowest BCUT2D eigenvalue weighted by Crippen LogP contribution is -2.32. The van der Waals surface area contributed by atoms with Crippen molar-refractivity contribution >= 4 is 35.1 Å². The van der Waals surface area contributed by atoms with Gasteiger partial charge in [-0.15, -0.1) is 0 Å². The fourth-order valence-electron chi connectivity index (χ4n) is 2.64. The molecule has 5 N–H and O–H groups in total. The average Bonchev–Trinajstić information content (AvgIpc) is 3.02. The predicted octanol–water partition coefficient (Wildman–Crippen LogP) is 1.61. The molecule has 9 nitrogen and oxygen atoms in total. The number of amides is 2. The molecular weight excluding hydrogens is 372 g/mol. The van der Waals surface area contributed by atoms with Crippen LogP contribution in [0.3, 0.4) is 0 Å². The number of benzene rings is 2. The lowest BCUT2D eigenvalue weighted by molar-refractivity contribution is -0.123. The molecule has 0 bridgehead atoms. The van der Waals surface area contributed by atoms with Crippen molar-refractivity contribution in [1.29, 1.82) is 0 Å². The number of ether oxygens (including phenoxy) is 1. The normalized spacial score (nSPS) is 16.1. The van der Waals surface area contributed by atoms with Gasteiger partial charge in [0.25, 0.3) is 5.91 Å². The molecule has 2 amide bonds. The second-order valence-electron chi connectivity index (χ2n) is 6.43. The molecule has 1 unspecified atom stereocenters. The van der Waals surface area contributed by atoms with Gasteiger partial charge in [0.15, 0.2) is 0 Å². The fourth-order valence-corrected chi connectivity index (χ4v) is 2.64. The van der Waals surface area contributed by atoms with Gasteiger partial charge in [0.05, 0.1) is 13.5 Å². The van der Waals surface area contributed by atoms with Gasteiger partial charge in [0.1, 0.15) is 11.8 Å². The Kier molecular flexibility index (Phi) is 6.08. The first kappa shape index (κ1) is 19.9. The SMILES string of the molecule is COc1cccc(NC(=O)CC2N=C(/N=C(\N)Nc3ccc(C)cc3)NC2=O)c1.